The largest absolute Gasteiger partial charge is 0.280 e. The molecule has 0 aliphatic heterocycles. The Balaban J connectivity index is 1.80. The van der Waals surface area contributed by atoms with E-state index in [0.717, 1.165) is 16.5 Å². The smallest absolute Gasteiger partial charge is 0.255 e. The summed E-state index contributed by atoms with van der Waals surface area (Å²) in [5, 5.41) is 5.21. The summed E-state index contributed by atoms with van der Waals surface area (Å²) in [7, 11) is -3.54. The summed E-state index contributed by atoms with van der Waals surface area (Å²) >= 11 is 0. The van der Waals surface area contributed by atoms with Gasteiger partial charge in [0.15, 0.2) is 0 Å². The summed E-state index contributed by atoms with van der Waals surface area (Å²) in [6.07, 6.45) is 4.91. The number of sulfonamides is 1. The van der Waals surface area contributed by atoms with Crippen LogP contribution in [0.1, 0.15) is 5.56 Å². The molecule has 106 valence electrons. The molecule has 0 unspecified atom stereocenters. The third kappa shape index (κ3) is 3.29. The fraction of sp³-hybridized carbons (Fsp3) is 0. The second kappa shape index (κ2) is 5.41. The lowest BCUT2D eigenvalue weighted by Gasteiger charge is -2.04. The van der Waals surface area contributed by atoms with Crippen molar-refractivity contribution in [2.24, 2.45) is 0 Å². The Hall–Kier alpha value is -2.60. The average molecular weight is 299 g/mol. The van der Waals surface area contributed by atoms with Gasteiger partial charge in [-0.15, -0.1) is 0 Å². The van der Waals surface area contributed by atoms with Crippen LogP contribution in [0.5, 0.6) is 0 Å². The summed E-state index contributed by atoms with van der Waals surface area (Å²) < 4.78 is 28.2. The van der Waals surface area contributed by atoms with Crippen molar-refractivity contribution in [2.75, 3.05) is 4.72 Å². The summed E-state index contributed by atoms with van der Waals surface area (Å²) in [6, 6.07) is 14.5. The molecule has 0 saturated carbocycles. The number of rotatable bonds is 4. The summed E-state index contributed by atoms with van der Waals surface area (Å²) in [5.74, 6) is 0. The van der Waals surface area contributed by atoms with E-state index in [0.29, 0.717) is 5.69 Å². The van der Waals surface area contributed by atoms with Gasteiger partial charge in [0.1, 0.15) is 0 Å². The van der Waals surface area contributed by atoms with Crippen LogP contribution in [0.25, 0.3) is 11.6 Å². The number of nitrogens with one attached hydrogen (secondary N) is 1. The van der Waals surface area contributed by atoms with Gasteiger partial charge < -0.3 is 0 Å². The predicted octanol–water partition coefficient (Wildman–Crippen LogP) is 2.75. The van der Waals surface area contributed by atoms with Crippen molar-refractivity contribution >= 4 is 27.3 Å². The zero-order valence-corrected chi connectivity index (χ0v) is 11.9. The molecule has 0 aliphatic carbocycles. The van der Waals surface area contributed by atoms with Crippen molar-refractivity contribution < 1.29 is 8.42 Å². The number of fused-ring (bicyclic) bond motifs is 1. The van der Waals surface area contributed by atoms with Gasteiger partial charge in [-0.1, -0.05) is 30.3 Å². The molecule has 0 aliphatic rings. The molecule has 1 aromatic carbocycles. The first-order chi connectivity index (χ1) is 10.1. The zero-order chi connectivity index (χ0) is 14.7. The van der Waals surface area contributed by atoms with E-state index >= 15 is 0 Å². The fourth-order valence-corrected chi connectivity index (χ4v) is 2.78. The van der Waals surface area contributed by atoms with Crippen molar-refractivity contribution in [1.29, 1.82) is 0 Å². The van der Waals surface area contributed by atoms with E-state index in [1.165, 1.54) is 0 Å². The Morgan fingerprint density at radius 3 is 2.71 bits per heavy atom. The Kier molecular flexibility index (Phi) is 3.45. The van der Waals surface area contributed by atoms with Gasteiger partial charge in [-0.05, 0) is 29.8 Å². The first kappa shape index (κ1) is 13.4. The van der Waals surface area contributed by atoms with E-state index in [2.05, 4.69) is 9.82 Å². The lowest BCUT2D eigenvalue weighted by Crippen LogP contribution is -2.09. The van der Waals surface area contributed by atoms with E-state index in [9.17, 15) is 8.42 Å². The monoisotopic (exact) mass is 299 g/mol. The predicted molar refractivity (Wildman–Crippen MR) is 83.2 cm³/mol. The SMILES string of the molecule is O=S(=O)(/C=C/c1ccccc1)Nc1ccn2nccc2c1. The van der Waals surface area contributed by atoms with Crippen molar-refractivity contribution in [3.63, 3.8) is 0 Å². The maximum Gasteiger partial charge on any atom is 0.255 e. The molecule has 0 spiro atoms. The van der Waals surface area contributed by atoms with Gasteiger partial charge in [-0.2, -0.15) is 5.10 Å². The quantitative estimate of drug-likeness (QED) is 0.805. The van der Waals surface area contributed by atoms with Crippen LogP contribution in [-0.4, -0.2) is 18.0 Å². The Morgan fingerprint density at radius 2 is 1.90 bits per heavy atom. The second-order valence-electron chi connectivity index (χ2n) is 4.48. The van der Waals surface area contributed by atoms with Gasteiger partial charge in [0, 0.05) is 12.4 Å². The van der Waals surface area contributed by atoms with Crippen LogP contribution in [0.4, 0.5) is 5.69 Å². The molecule has 2 aromatic heterocycles. The number of benzene rings is 1. The Labute approximate surface area is 122 Å². The van der Waals surface area contributed by atoms with E-state index in [-0.39, 0.29) is 0 Å². The lowest BCUT2D eigenvalue weighted by atomic mass is 10.2. The molecule has 0 radical (unpaired) electrons. The van der Waals surface area contributed by atoms with E-state index in [1.807, 2.05) is 30.3 Å². The topological polar surface area (TPSA) is 63.5 Å². The van der Waals surface area contributed by atoms with Gasteiger partial charge in [-0.3, -0.25) is 4.72 Å². The Bertz CT molecular complexity index is 883. The molecular weight excluding hydrogens is 286 g/mol. The minimum atomic E-state index is -3.54. The molecule has 3 rings (SSSR count). The van der Waals surface area contributed by atoms with Crippen LogP contribution in [0.15, 0.2) is 66.3 Å². The molecule has 3 aromatic rings. The molecule has 0 atom stereocenters. The molecule has 6 heteroatoms. The summed E-state index contributed by atoms with van der Waals surface area (Å²) in [4.78, 5) is 0. The molecule has 5 nitrogen and oxygen atoms in total. The number of pyridine rings is 1. The second-order valence-corrected chi connectivity index (χ2v) is 6.04. The Morgan fingerprint density at radius 1 is 1.10 bits per heavy atom. The molecule has 0 amide bonds. The van der Waals surface area contributed by atoms with Gasteiger partial charge in [0.2, 0.25) is 0 Å². The van der Waals surface area contributed by atoms with E-state index in [1.54, 1.807) is 41.2 Å². The van der Waals surface area contributed by atoms with Crippen LogP contribution < -0.4 is 4.72 Å². The standard InChI is InChI=1S/C15H13N3O2S/c19-21(20,11-8-13-4-2-1-3-5-13)17-14-7-10-18-15(12-14)6-9-16-18/h1-12,17H/b11-8+. The van der Waals surface area contributed by atoms with Gasteiger partial charge in [-0.25, -0.2) is 12.9 Å². The van der Waals surface area contributed by atoms with Crippen molar-refractivity contribution in [2.45, 2.75) is 0 Å². The van der Waals surface area contributed by atoms with Crippen LogP contribution >= 0.6 is 0 Å². The van der Waals surface area contributed by atoms with Crippen molar-refractivity contribution in [1.82, 2.24) is 9.61 Å². The normalized spacial score (nSPS) is 12.0. The molecule has 1 N–H and O–H groups in total. The van der Waals surface area contributed by atoms with Crippen LogP contribution in [0, 0.1) is 0 Å². The molecule has 0 bridgehead atoms. The third-order valence-corrected chi connectivity index (χ3v) is 3.91. The number of anilines is 1. The molecular formula is C15H13N3O2S. The molecule has 21 heavy (non-hydrogen) atoms. The number of hydrogen-bond donors (Lipinski definition) is 1. The average Bonchev–Trinajstić information content (AvgIpc) is 2.93. The highest BCUT2D eigenvalue weighted by Gasteiger charge is 2.06. The molecule has 0 fully saturated rings. The number of hydrogen-bond acceptors (Lipinski definition) is 3. The van der Waals surface area contributed by atoms with Gasteiger partial charge >= 0.3 is 0 Å². The molecule has 0 saturated heterocycles. The first-order valence-electron chi connectivity index (χ1n) is 6.32. The van der Waals surface area contributed by atoms with Crippen LogP contribution in [-0.2, 0) is 10.0 Å². The van der Waals surface area contributed by atoms with Crippen molar-refractivity contribution in [3.05, 3.63) is 71.9 Å². The van der Waals surface area contributed by atoms with Crippen molar-refractivity contribution in [3.8, 4) is 0 Å². The van der Waals surface area contributed by atoms with Gasteiger partial charge in [0.05, 0.1) is 16.6 Å². The maximum absolute atomic E-state index is 12.0. The lowest BCUT2D eigenvalue weighted by molar-refractivity contribution is 0.609. The zero-order valence-electron chi connectivity index (χ0n) is 11.0. The number of aromatic nitrogens is 2. The maximum atomic E-state index is 12.0. The summed E-state index contributed by atoms with van der Waals surface area (Å²) in [5.41, 5.74) is 2.15. The highest BCUT2D eigenvalue weighted by molar-refractivity contribution is 7.95. The van der Waals surface area contributed by atoms with E-state index in [4.69, 9.17) is 0 Å². The third-order valence-electron chi connectivity index (χ3n) is 2.90. The van der Waals surface area contributed by atoms with E-state index < -0.39 is 10.0 Å². The number of nitrogens with zero attached hydrogens (tertiary/aromatic N) is 2. The van der Waals surface area contributed by atoms with Crippen LogP contribution in [0.3, 0.4) is 0 Å². The minimum Gasteiger partial charge on any atom is -0.280 e. The first-order valence-corrected chi connectivity index (χ1v) is 7.86. The molecule has 2 heterocycles. The fourth-order valence-electron chi connectivity index (χ4n) is 1.92. The summed E-state index contributed by atoms with van der Waals surface area (Å²) in [6.45, 7) is 0. The minimum absolute atomic E-state index is 0.501. The van der Waals surface area contributed by atoms with Crippen LogP contribution in [0.2, 0.25) is 0 Å². The van der Waals surface area contributed by atoms with Gasteiger partial charge in [0.25, 0.3) is 10.0 Å². The highest BCUT2D eigenvalue weighted by atomic mass is 32.2. The highest BCUT2D eigenvalue weighted by Crippen LogP contribution is 2.14.